The summed E-state index contributed by atoms with van der Waals surface area (Å²) in [7, 11) is 2.03. The normalized spacial score (nSPS) is 16.8. The second kappa shape index (κ2) is 6.50. The Bertz CT molecular complexity index is 395. The third-order valence-corrected chi connectivity index (χ3v) is 3.75. The molecule has 0 atom stereocenters. The molecule has 0 amide bonds. The van der Waals surface area contributed by atoms with Gasteiger partial charge in [-0.2, -0.15) is 0 Å². The first kappa shape index (κ1) is 13.8. The minimum Gasteiger partial charge on any atom is -0.392 e. The molecule has 1 saturated heterocycles. The van der Waals surface area contributed by atoms with Gasteiger partial charge >= 0.3 is 0 Å². The zero-order chi connectivity index (χ0) is 13.0. The average Bonchev–Trinajstić information content (AvgIpc) is 2.39. The fourth-order valence-electron chi connectivity index (χ4n) is 2.34. The zero-order valence-corrected chi connectivity index (χ0v) is 12.2. The molecule has 0 unspecified atom stereocenters. The van der Waals surface area contributed by atoms with Crippen molar-refractivity contribution >= 4 is 21.7 Å². The molecule has 0 bridgehead atoms. The minimum atomic E-state index is 0.0138. The van der Waals surface area contributed by atoms with Gasteiger partial charge in [0.25, 0.3) is 0 Å². The molecule has 2 rings (SSSR count). The van der Waals surface area contributed by atoms with Crippen LogP contribution in [0.2, 0.25) is 0 Å². The lowest BCUT2D eigenvalue weighted by atomic mass is 10.00. The number of hydrogen-bond donors (Lipinski definition) is 1. The molecule has 1 N–H and O–H groups in total. The van der Waals surface area contributed by atoms with Crippen LogP contribution < -0.4 is 4.90 Å². The van der Waals surface area contributed by atoms with Gasteiger partial charge in [-0.25, -0.2) is 4.98 Å². The van der Waals surface area contributed by atoms with Gasteiger partial charge in [0.15, 0.2) is 0 Å². The zero-order valence-electron chi connectivity index (χ0n) is 10.6. The summed E-state index contributed by atoms with van der Waals surface area (Å²) in [6, 6.07) is 1.92. The van der Waals surface area contributed by atoms with Gasteiger partial charge in [-0.15, -0.1) is 0 Å². The van der Waals surface area contributed by atoms with Crippen LogP contribution in [0.15, 0.2) is 16.7 Å². The minimum absolute atomic E-state index is 0.0138. The van der Waals surface area contributed by atoms with E-state index in [-0.39, 0.29) is 6.61 Å². The van der Waals surface area contributed by atoms with Crippen molar-refractivity contribution in [2.75, 3.05) is 31.7 Å². The molecule has 0 spiro atoms. The lowest BCUT2D eigenvalue weighted by molar-refractivity contribution is 0.0684. The highest BCUT2D eigenvalue weighted by Crippen LogP contribution is 2.23. The van der Waals surface area contributed by atoms with E-state index in [2.05, 4.69) is 25.8 Å². The summed E-state index contributed by atoms with van der Waals surface area (Å²) < 4.78 is 6.27. The Kier molecular flexibility index (Phi) is 4.97. The summed E-state index contributed by atoms with van der Waals surface area (Å²) in [6.07, 6.45) is 3.99. The summed E-state index contributed by atoms with van der Waals surface area (Å²) in [5.41, 5.74) is 0.860. The van der Waals surface area contributed by atoms with E-state index in [1.807, 2.05) is 13.1 Å². The highest BCUT2D eigenvalue weighted by atomic mass is 79.9. The largest absolute Gasteiger partial charge is 0.392 e. The molecule has 100 valence electrons. The van der Waals surface area contributed by atoms with Crippen molar-refractivity contribution < 1.29 is 9.84 Å². The van der Waals surface area contributed by atoms with Crippen LogP contribution in [0, 0.1) is 5.92 Å². The monoisotopic (exact) mass is 314 g/mol. The van der Waals surface area contributed by atoms with Crippen molar-refractivity contribution in [1.29, 1.82) is 0 Å². The number of pyridine rings is 1. The Morgan fingerprint density at radius 1 is 1.50 bits per heavy atom. The van der Waals surface area contributed by atoms with Gasteiger partial charge in [0.2, 0.25) is 0 Å². The fourth-order valence-corrected chi connectivity index (χ4v) is 2.72. The van der Waals surface area contributed by atoms with E-state index in [4.69, 9.17) is 4.74 Å². The summed E-state index contributed by atoms with van der Waals surface area (Å²) in [5, 5.41) is 9.39. The number of rotatable bonds is 4. The van der Waals surface area contributed by atoms with Crippen molar-refractivity contribution in [3.63, 3.8) is 0 Å². The average molecular weight is 315 g/mol. The summed E-state index contributed by atoms with van der Waals surface area (Å²) in [6.45, 7) is 2.70. The SMILES string of the molecule is CN(CC1CCOCC1)c1ncc(Br)cc1CO. The van der Waals surface area contributed by atoms with Gasteiger partial charge in [-0.3, -0.25) is 0 Å². The molecule has 1 fully saturated rings. The number of aliphatic hydroxyl groups excluding tert-OH is 1. The number of halogens is 1. The van der Waals surface area contributed by atoms with Crippen molar-refractivity contribution in [3.05, 3.63) is 22.3 Å². The van der Waals surface area contributed by atoms with Crippen molar-refractivity contribution in [2.24, 2.45) is 5.92 Å². The lowest BCUT2D eigenvalue weighted by Gasteiger charge is -2.28. The summed E-state index contributed by atoms with van der Waals surface area (Å²) in [4.78, 5) is 6.54. The first-order valence-electron chi connectivity index (χ1n) is 6.25. The number of anilines is 1. The number of aromatic nitrogens is 1. The van der Waals surface area contributed by atoms with Gasteiger partial charge in [0, 0.05) is 43.0 Å². The van der Waals surface area contributed by atoms with Gasteiger partial charge in [0.1, 0.15) is 5.82 Å². The molecule has 1 aromatic heterocycles. The van der Waals surface area contributed by atoms with E-state index in [0.29, 0.717) is 5.92 Å². The molecule has 0 radical (unpaired) electrons. The molecule has 0 aliphatic carbocycles. The molecular weight excluding hydrogens is 296 g/mol. The Morgan fingerprint density at radius 3 is 2.89 bits per heavy atom. The quantitative estimate of drug-likeness (QED) is 0.925. The lowest BCUT2D eigenvalue weighted by Crippen LogP contribution is -2.30. The number of nitrogens with zero attached hydrogens (tertiary/aromatic N) is 2. The van der Waals surface area contributed by atoms with Crippen LogP contribution in [0.1, 0.15) is 18.4 Å². The topological polar surface area (TPSA) is 45.6 Å². The molecule has 1 aliphatic heterocycles. The molecule has 4 nitrogen and oxygen atoms in total. The van der Waals surface area contributed by atoms with Crippen molar-refractivity contribution in [2.45, 2.75) is 19.4 Å². The maximum atomic E-state index is 9.39. The van der Waals surface area contributed by atoms with Crippen LogP contribution in [-0.2, 0) is 11.3 Å². The Balaban J connectivity index is 2.05. The predicted molar refractivity (Wildman–Crippen MR) is 74.7 cm³/mol. The maximum absolute atomic E-state index is 9.39. The molecule has 5 heteroatoms. The third kappa shape index (κ3) is 3.43. The molecule has 2 heterocycles. The van der Waals surface area contributed by atoms with Crippen LogP contribution in [0.5, 0.6) is 0 Å². The first-order valence-corrected chi connectivity index (χ1v) is 7.04. The number of ether oxygens (including phenoxy) is 1. The summed E-state index contributed by atoms with van der Waals surface area (Å²) >= 11 is 3.38. The first-order chi connectivity index (χ1) is 8.70. The van der Waals surface area contributed by atoms with Crippen LogP contribution in [0.3, 0.4) is 0 Å². The molecule has 1 aliphatic rings. The molecule has 0 saturated carbocycles. The van der Waals surface area contributed by atoms with Gasteiger partial charge in [-0.05, 0) is 40.8 Å². The standard InChI is InChI=1S/C13H19BrN2O2/c1-16(8-10-2-4-18-5-3-10)13-11(9-17)6-12(14)7-15-13/h6-7,10,17H,2-5,8-9H2,1H3. The van der Waals surface area contributed by atoms with E-state index < -0.39 is 0 Å². The van der Waals surface area contributed by atoms with E-state index in [9.17, 15) is 5.11 Å². The van der Waals surface area contributed by atoms with E-state index >= 15 is 0 Å². The Hall–Kier alpha value is -0.650. The second-order valence-electron chi connectivity index (χ2n) is 4.73. The number of hydrogen-bond acceptors (Lipinski definition) is 4. The van der Waals surface area contributed by atoms with Crippen LogP contribution >= 0.6 is 15.9 Å². The van der Waals surface area contributed by atoms with Crippen molar-refractivity contribution in [3.8, 4) is 0 Å². The Morgan fingerprint density at radius 2 is 2.22 bits per heavy atom. The van der Waals surface area contributed by atoms with Gasteiger partial charge < -0.3 is 14.7 Å². The van der Waals surface area contributed by atoms with Crippen molar-refractivity contribution in [1.82, 2.24) is 4.98 Å². The third-order valence-electron chi connectivity index (χ3n) is 3.31. The maximum Gasteiger partial charge on any atom is 0.133 e. The fraction of sp³-hybridized carbons (Fsp3) is 0.615. The van der Waals surface area contributed by atoms with Crippen LogP contribution in [0.4, 0.5) is 5.82 Å². The van der Waals surface area contributed by atoms with E-state index in [1.54, 1.807) is 6.20 Å². The van der Waals surface area contributed by atoms with Gasteiger partial charge in [-0.1, -0.05) is 0 Å². The molecular formula is C13H19BrN2O2. The second-order valence-corrected chi connectivity index (χ2v) is 5.65. The molecule has 18 heavy (non-hydrogen) atoms. The highest BCUT2D eigenvalue weighted by molar-refractivity contribution is 9.10. The van der Waals surface area contributed by atoms with Crippen LogP contribution in [-0.4, -0.2) is 36.9 Å². The Labute approximate surface area is 116 Å². The molecule has 0 aromatic carbocycles. The van der Waals surface area contributed by atoms with Gasteiger partial charge in [0.05, 0.1) is 6.61 Å². The highest BCUT2D eigenvalue weighted by Gasteiger charge is 2.18. The smallest absolute Gasteiger partial charge is 0.133 e. The van der Waals surface area contributed by atoms with E-state index in [1.165, 1.54) is 0 Å². The summed E-state index contributed by atoms with van der Waals surface area (Å²) in [5.74, 6) is 1.52. The predicted octanol–water partition coefficient (Wildman–Crippen LogP) is 2.20. The molecule has 1 aromatic rings. The van der Waals surface area contributed by atoms with E-state index in [0.717, 1.165) is 48.5 Å². The number of aliphatic hydroxyl groups is 1. The van der Waals surface area contributed by atoms with Crippen LogP contribution in [0.25, 0.3) is 0 Å².